The summed E-state index contributed by atoms with van der Waals surface area (Å²) in [6, 6.07) is 1.45. The normalized spacial score (nSPS) is 15.4. The van der Waals surface area contributed by atoms with Gasteiger partial charge in [0.2, 0.25) is 0 Å². The number of hydrogen-bond acceptors (Lipinski definition) is 4. The van der Waals surface area contributed by atoms with E-state index >= 15 is 0 Å². The number of hydrogen-bond donors (Lipinski definition) is 2. The lowest BCUT2D eigenvalue weighted by atomic mass is 10.1. The van der Waals surface area contributed by atoms with E-state index in [0.29, 0.717) is 4.88 Å². The molecule has 0 aliphatic rings. The highest BCUT2D eigenvalue weighted by Crippen LogP contribution is 2.28. The summed E-state index contributed by atoms with van der Waals surface area (Å²) < 4.78 is 0. The molecule has 0 aromatic carbocycles. The fourth-order valence-corrected chi connectivity index (χ4v) is 2.20. The smallest absolute Gasteiger partial charge is 0.160 e. The van der Waals surface area contributed by atoms with Gasteiger partial charge in [0.15, 0.2) is 6.29 Å². The Morgan fingerprint density at radius 1 is 1.69 bits per heavy atom. The number of nitrogens with two attached hydrogens (primary N) is 1. The van der Waals surface area contributed by atoms with Crippen molar-refractivity contribution in [3.05, 3.63) is 21.4 Å². The van der Waals surface area contributed by atoms with Gasteiger partial charge in [-0.25, -0.2) is 0 Å². The summed E-state index contributed by atoms with van der Waals surface area (Å²) >= 11 is 1.30. The standard InChI is InChI=1S/C9H13NO2S/c1-5-3-7(4-11)13-9(5)8(12)6(2)10/h3-4,6,8,12H,10H2,1-2H3. The van der Waals surface area contributed by atoms with Gasteiger partial charge in [-0.15, -0.1) is 11.3 Å². The molecule has 13 heavy (non-hydrogen) atoms. The molecule has 0 aliphatic heterocycles. The maximum atomic E-state index is 10.5. The molecule has 0 spiro atoms. The molecule has 1 aromatic heterocycles. The van der Waals surface area contributed by atoms with Crippen molar-refractivity contribution in [1.29, 1.82) is 0 Å². The van der Waals surface area contributed by atoms with Gasteiger partial charge in [0, 0.05) is 10.9 Å². The monoisotopic (exact) mass is 199 g/mol. The van der Waals surface area contributed by atoms with Crippen LogP contribution in [0.25, 0.3) is 0 Å². The Labute approximate surface area is 81.2 Å². The van der Waals surface area contributed by atoms with E-state index in [1.165, 1.54) is 11.3 Å². The second-order valence-corrected chi connectivity index (χ2v) is 4.23. The van der Waals surface area contributed by atoms with E-state index in [1.54, 1.807) is 13.0 Å². The molecule has 72 valence electrons. The van der Waals surface area contributed by atoms with E-state index in [0.717, 1.165) is 16.7 Å². The van der Waals surface area contributed by atoms with Crippen LogP contribution in [0.1, 0.15) is 33.1 Å². The minimum atomic E-state index is -0.668. The molecule has 0 saturated carbocycles. The van der Waals surface area contributed by atoms with E-state index in [-0.39, 0.29) is 6.04 Å². The van der Waals surface area contributed by atoms with E-state index < -0.39 is 6.10 Å². The number of rotatable bonds is 3. The van der Waals surface area contributed by atoms with Crippen LogP contribution >= 0.6 is 11.3 Å². The largest absolute Gasteiger partial charge is 0.386 e. The van der Waals surface area contributed by atoms with E-state index in [1.807, 2.05) is 6.92 Å². The average Bonchev–Trinajstić information content (AvgIpc) is 2.45. The molecule has 3 nitrogen and oxygen atoms in total. The van der Waals surface area contributed by atoms with Gasteiger partial charge in [0.25, 0.3) is 0 Å². The lowest BCUT2D eigenvalue weighted by Gasteiger charge is -2.13. The molecule has 1 heterocycles. The summed E-state index contributed by atoms with van der Waals surface area (Å²) in [5.74, 6) is 0. The third kappa shape index (κ3) is 2.15. The molecular formula is C9H13NO2S. The predicted molar refractivity (Wildman–Crippen MR) is 53.1 cm³/mol. The Balaban J connectivity index is 2.99. The Morgan fingerprint density at radius 3 is 2.69 bits per heavy atom. The minimum Gasteiger partial charge on any atom is -0.386 e. The summed E-state index contributed by atoms with van der Waals surface area (Å²) in [7, 11) is 0. The first-order chi connectivity index (χ1) is 6.06. The van der Waals surface area contributed by atoms with E-state index in [4.69, 9.17) is 5.73 Å². The Morgan fingerprint density at radius 2 is 2.31 bits per heavy atom. The van der Waals surface area contributed by atoms with Gasteiger partial charge in [-0.05, 0) is 25.5 Å². The lowest BCUT2D eigenvalue weighted by molar-refractivity contribution is 0.112. The Hall–Kier alpha value is -0.710. The van der Waals surface area contributed by atoms with Crippen LogP contribution < -0.4 is 5.73 Å². The molecule has 3 N–H and O–H groups in total. The fraction of sp³-hybridized carbons (Fsp3) is 0.444. The van der Waals surface area contributed by atoms with Crippen molar-refractivity contribution >= 4 is 17.6 Å². The predicted octanol–water partition coefficient (Wildman–Crippen LogP) is 1.25. The zero-order valence-electron chi connectivity index (χ0n) is 7.65. The van der Waals surface area contributed by atoms with Crippen molar-refractivity contribution in [3.8, 4) is 0 Å². The third-order valence-electron chi connectivity index (χ3n) is 1.86. The van der Waals surface area contributed by atoms with Crippen molar-refractivity contribution in [3.63, 3.8) is 0 Å². The molecule has 4 heteroatoms. The van der Waals surface area contributed by atoms with Crippen molar-refractivity contribution < 1.29 is 9.90 Å². The topological polar surface area (TPSA) is 63.3 Å². The van der Waals surface area contributed by atoms with Crippen molar-refractivity contribution in [2.24, 2.45) is 5.73 Å². The summed E-state index contributed by atoms with van der Waals surface area (Å²) in [6.07, 6.45) is 0.119. The first-order valence-electron chi connectivity index (χ1n) is 4.05. The number of aliphatic hydroxyl groups is 1. The summed E-state index contributed by atoms with van der Waals surface area (Å²) in [5.41, 5.74) is 6.48. The van der Waals surface area contributed by atoms with Crippen LogP contribution in [0.5, 0.6) is 0 Å². The second kappa shape index (κ2) is 4.00. The highest BCUT2D eigenvalue weighted by molar-refractivity contribution is 7.13. The Kier molecular flexibility index (Phi) is 3.19. The van der Waals surface area contributed by atoms with Crippen LogP contribution in [0.15, 0.2) is 6.07 Å². The van der Waals surface area contributed by atoms with Crippen LogP contribution in [0.3, 0.4) is 0 Å². The van der Waals surface area contributed by atoms with Gasteiger partial charge >= 0.3 is 0 Å². The van der Waals surface area contributed by atoms with Crippen LogP contribution in [0.4, 0.5) is 0 Å². The van der Waals surface area contributed by atoms with Crippen LogP contribution in [-0.4, -0.2) is 17.4 Å². The number of aryl methyl sites for hydroxylation is 1. The molecule has 0 aliphatic carbocycles. The van der Waals surface area contributed by atoms with Crippen molar-refractivity contribution in [2.75, 3.05) is 0 Å². The zero-order valence-corrected chi connectivity index (χ0v) is 8.47. The highest BCUT2D eigenvalue weighted by atomic mass is 32.1. The van der Waals surface area contributed by atoms with Gasteiger partial charge < -0.3 is 10.8 Å². The van der Waals surface area contributed by atoms with Crippen molar-refractivity contribution in [1.82, 2.24) is 0 Å². The molecule has 2 atom stereocenters. The SMILES string of the molecule is Cc1cc(C=O)sc1C(O)C(C)N. The summed E-state index contributed by atoms with van der Waals surface area (Å²) in [6.45, 7) is 3.61. The number of aliphatic hydroxyl groups excluding tert-OH is 1. The highest BCUT2D eigenvalue weighted by Gasteiger charge is 2.17. The average molecular weight is 199 g/mol. The summed E-state index contributed by atoms with van der Waals surface area (Å²) in [5, 5.41) is 9.66. The molecule has 1 rings (SSSR count). The molecule has 2 unspecified atom stereocenters. The van der Waals surface area contributed by atoms with Crippen LogP contribution in [-0.2, 0) is 0 Å². The van der Waals surface area contributed by atoms with E-state index in [2.05, 4.69) is 0 Å². The fourth-order valence-electron chi connectivity index (χ4n) is 1.11. The van der Waals surface area contributed by atoms with Gasteiger partial charge in [-0.2, -0.15) is 0 Å². The summed E-state index contributed by atoms with van der Waals surface area (Å²) in [4.78, 5) is 11.9. The van der Waals surface area contributed by atoms with Crippen LogP contribution in [0, 0.1) is 6.92 Å². The van der Waals surface area contributed by atoms with Gasteiger partial charge in [0.05, 0.1) is 4.88 Å². The van der Waals surface area contributed by atoms with Gasteiger partial charge in [-0.3, -0.25) is 4.79 Å². The number of carbonyl (C=O) groups is 1. The minimum absolute atomic E-state index is 0.308. The van der Waals surface area contributed by atoms with Gasteiger partial charge in [-0.1, -0.05) is 0 Å². The number of carbonyl (C=O) groups excluding carboxylic acids is 1. The maximum Gasteiger partial charge on any atom is 0.160 e. The first-order valence-corrected chi connectivity index (χ1v) is 4.87. The molecule has 0 fully saturated rings. The molecule has 0 radical (unpaired) electrons. The van der Waals surface area contributed by atoms with Crippen molar-refractivity contribution in [2.45, 2.75) is 26.0 Å². The molecule has 0 amide bonds. The number of thiophene rings is 1. The third-order valence-corrected chi connectivity index (χ3v) is 3.09. The Bertz CT molecular complexity index is 307. The van der Waals surface area contributed by atoms with Crippen LogP contribution in [0.2, 0.25) is 0 Å². The second-order valence-electron chi connectivity index (χ2n) is 3.12. The van der Waals surface area contributed by atoms with Gasteiger partial charge in [0.1, 0.15) is 6.10 Å². The molecule has 0 saturated heterocycles. The lowest BCUT2D eigenvalue weighted by Crippen LogP contribution is -2.24. The number of aldehydes is 1. The molecule has 0 bridgehead atoms. The zero-order chi connectivity index (χ0) is 10.0. The van der Waals surface area contributed by atoms with E-state index in [9.17, 15) is 9.90 Å². The first kappa shape index (κ1) is 10.4. The quantitative estimate of drug-likeness (QED) is 0.720. The molecular weight excluding hydrogens is 186 g/mol. The maximum absolute atomic E-state index is 10.5. The molecule has 1 aromatic rings.